The Morgan fingerprint density at radius 3 is 2.40 bits per heavy atom. The average Bonchev–Trinajstić information content (AvgIpc) is 2.23. The standard InChI is InChI=1S/C13H22O2/c1-5-7-13(14)10-12(6-2)9-8-11(3)15-4/h7-9,14H,5-6,10H2,1-4H3/b11-8+,12-9+,13-7+. The van der Waals surface area contributed by atoms with Crippen LogP contribution >= 0.6 is 0 Å². The van der Waals surface area contributed by atoms with E-state index in [0.717, 1.165) is 18.6 Å². The lowest BCUT2D eigenvalue weighted by atomic mass is 10.1. The third-order valence-corrected chi connectivity index (χ3v) is 2.18. The summed E-state index contributed by atoms with van der Waals surface area (Å²) in [6.07, 6.45) is 8.23. The number of aliphatic hydroxyl groups excluding tert-OH is 1. The molecule has 0 radical (unpaired) electrons. The van der Waals surface area contributed by atoms with E-state index in [1.165, 1.54) is 5.57 Å². The van der Waals surface area contributed by atoms with Crippen molar-refractivity contribution in [3.63, 3.8) is 0 Å². The third kappa shape index (κ3) is 6.83. The minimum atomic E-state index is 0.453. The van der Waals surface area contributed by atoms with Crippen LogP contribution in [0.4, 0.5) is 0 Å². The molecule has 2 nitrogen and oxygen atoms in total. The molecule has 1 N–H and O–H groups in total. The zero-order valence-corrected chi connectivity index (χ0v) is 10.2. The first-order valence-electron chi connectivity index (χ1n) is 5.42. The largest absolute Gasteiger partial charge is 0.512 e. The van der Waals surface area contributed by atoms with Crippen molar-refractivity contribution in [3.8, 4) is 0 Å². The smallest absolute Gasteiger partial charge is 0.0924 e. The molecule has 0 amide bonds. The summed E-state index contributed by atoms with van der Waals surface area (Å²) < 4.78 is 5.04. The van der Waals surface area contributed by atoms with Crippen LogP contribution < -0.4 is 0 Å². The first-order chi connectivity index (χ1) is 7.13. The van der Waals surface area contributed by atoms with Gasteiger partial charge in [-0.05, 0) is 31.9 Å². The minimum Gasteiger partial charge on any atom is -0.512 e. The molecular weight excluding hydrogens is 188 g/mol. The Bertz CT molecular complexity index is 260. The number of hydrogen-bond acceptors (Lipinski definition) is 2. The van der Waals surface area contributed by atoms with E-state index in [9.17, 15) is 5.11 Å². The van der Waals surface area contributed by atoms with Crippen LogP contribution in [0.2, 0.25) is 0 Å². The molecule has 0 fully saturated rings. The molecule has 0 heterocycles. The van der Waals surface area contributed by atoms with Crippen molar-refractivity contribution in [2.24, 2.45) is 0 Å². The zero-order valence-electron chi connectivity index (χ0n) is 10.2. The molecule has 0 saturated carbocycles. The molecule has 0 saturated heterocycles. The van der Waals surface area contributed by atoms with Gasteiger partial charge in [0.05, 0.1) is 18.6 Å². The number of methoxy groups -OCH3 is 1. The molecule has 0 spiro atoms. The van der Waals surface area contributed by atoms with Gasteiger partial charge in [-0.25, -0.2) is 0 Å². The van der Waals surface area contributed by atoms with E-state index >= 15 is 0 Å². The molecule has 15 heavy (non-hydrogen) atoms. The molecule has 0 aliphatic carbocycles. The van der Waals surface area contributed by atoms with Crippen molar-refractivity contribution >= 4 is 0 Å². The van der Waals surface area contributed by atoms with E-state index in [4.69, 9.17) is 4.74 Å². The maximum absolute atomic E-state index is 9.54. The minimum absolute atomic E-state index is 0.453. The predicted molar refractivity (Wildman–Crippen MR) is 64.8 cm³/mol. The highest BCUT2D eigenvalue weighted by atomic mass is 16.5. The number of rotatable bonds is 6. The molecule has 0 aromatic carbocycles. The third-order valence-electron chi connectivity index (χ3n) is 2.18. The Morgan fingerprint density at radius 1 is 1.27 bits per heavy atom. The molecule has 0 atom stereocenters. The second-order valence-corrected chi connectivity index (χ2v) is 3.44. The Hall–Kier alpha value is -1.18. The first-order valence-corrected chi connectivity index (χ1v) is 5.42. The fourth-order valence-corrected chi connectivity index (χ4v) is 1.15. The van der Waals surface area contributed by atoms with Crippen LogP contribution in [0.5, 0.6) is 0 Å². The van der Waals surface area contributed by atoms with Gasteiger partial charge < -0.3 is 9.84 Å². The van der Waals surface area contributed by atoms with Gasteiger partial charge in [-0.15, -0.1) is 0 Å². The maximum atomic E-state index is 9.54. The van der Waals surface area contributed by atoms with Crippen molar-refractivity contribution in [3.05, 3.63) is 35.3 Å². The molecular formula is C13H22O2. The van der Waals surface area contributed by atoms with Crippen LogP contribution in [0.3, 0.4) is 0 Å². The van der Waals surface area contributed by atoms with Crippen LogP contribution in [0, 0.1) is 0 Å². The SMILES string of the molecule is CC/C=C(/O)C/C(=C/C=C(\C)OC)CC. The molecule has 86 valence electrons. The molecule has 0 aliphatic heterocycles. The zero-order chi connectivity index (χ0) is 11.7. The van der Waals surface area contributed by atoms with Gasteiger partial charge in [0.1, 0.15) is 0 Å². The summed E-state index contributed by atoms with van der Waals surface area (Å²) in [4.78, 5) is 0. The number of ether oxygens (including phenoxy) is 1. The number of allylic oxidation sites excluding steroid dienone is 5. The van der Waals surface area contributed by atoms with Gasteiger partial charge in [-0.3, -0.25) is 0 Å². The molecule has 0 aliphatic rings. The van der Waals surface area contributed by atoms with E-state index < -0.39 is 0 Å². The Morgan fingerprint density at radius 2 is 1.93 bits per heavy atom. The maximum Gasteiger partial charge on any atom is 0.0924 e. The van der Waals surface area contributed by atoms with Crippen LogP contribution in [0.1, 0.15) is 40.0 Å². The van der Waals surface area contributed by atoms with Gasteiger partial charge in [0.25, 0.3) is 0 Å². The van der Waals surface area contributed by atoms with E-state index in [1.807, 2.05) is 32.1 Å². The summed E-state index contributed by atoms with van der Waals surface area (Å²) in [5.74, 6) is 1.33. The highest BCUT2D eigenvalue weighted by Gasteiger charge is 1.97. The highest BCUT2D eigenvalue weighted by molar-refractivity contribution is 5.18. The summed E-state index contributed by atoms with van der Waals surface area (Å²) in [5, 5.41) is 9.54. The summed E-state index contributed by atoms with van der Waals surface area (Å²) >= 11 is 0. The lowest BCUT2D eigenvalue weighted by molar-refractivity contribution is 0.293. The number of hydrogen-bond donors (Lipinski definition) is 1. The fourth-order valence-electron chi connectivity index (χ4n) is 1.15. The Labute approximate surface area is 93.0 Å². The van der Waals surface area contributed by atoms with Crippen molar-refractivity contribution in [2.45, 2.75) is 40.0 Å². The van der Waals surface area contributed by atoms with Crippen molar-refractivity contribution in [1.82, 2.24) is 0 Å². The Kier molecular flexibility index (Phi) is 7.51. The summed E-state index contributed by atoms with van der Waals surface area (Å²) in [5.41, 5.74) is 1.20. The lowest BCUT2D eigenvalue weighted by Crippen LogP contribution is -1.87. The predicted octanol–water partition coefficient (Wildman–Crippen LogP) is 4.12. The summed E-state index contributed by atoms with van der Waals surface area (Å²) in [6.45, 7) is 6.01. The van der Waals surface area contributed by atoms with Gasteiger partial charge in [0.15, 0.2) is 0 Å². The number of aliphatic hydroxyl groups is 1. The molecule has 0 rings (SSSR count). The molecule has 0 unspecified atom stereocenters. The fraction of sp³-hybridized carbons (Fsp3) is 0.538. The average molecular weight is 210 g/mol. The monoisotopic (exact) mass is 210 g/mol. The lowest BCUT2D eigenvalue weighted by Gasteiger charge is -2.03. The van der Waals surface area contributed by atoms with Crippen molar-refractivity contribution in [1.29, 1.82) is 0 Å². The van der Waals surface area contributed by atoms with E-state index in [-0.39, 0.29) is 0 Å². The van der Waals surface area contributed by atoms with Gasteiger partial charge in [-0.1, -0.05) is 25.5 Å². The van der Waals surface area contributed by atoms with Crippen LogP contribution in [0.25, 0.3) is 0 Å². The molecule has 0 bridgehead atoms. The van der Waals surface area contributed by atoms with E-state index in [0.29, 0.717) is 12.2 Å². The van der Waals surface area contributed by atoms with Gasteiger partial charge >= 0.3 is 0 Å². The second-order valence-electron chi connectivity index (χ2n) is 3.44. The van der Waals surface area contributed by atoms with Crippen molar-refractivity contribution < 1.29 is 9.84 Å². The molecule has 0 aromatic rings. The Balaban J connectivity index is 4.43. The highest BCUT2D eigenvalue weighted by Crippen LogP contribution is 2.13. The molecule has 0 aromatic heterocycles. The van der Waals surface area contributed by atoms with Gasteiger partial charge in [0.2, 0.25) is 0 Å². The first kappa shape index (κ1) is 13.8. The topological polar surface area (TPSA) is 29.5 Å². The van der Waals surface area contributed by atoms with Crippen LogP contribution in [0.15, 0.2) is 35.3 Å². The summed E-state index contributed by atoms with van der Waals surface area (Å²) in [6, 6.07) is 0. The summed E-state index contributed by atoms with van der Waals surface area (Å²) in [7, 11) is 1.65. The van der Waals surface area contributed by atoms with E-state index in [1.54, 1.807) is 7.11 Å². The normalized spacial score (nSPS) is 14.3. The van der Waals surface area contributed by atoms with Crippen molar-refractivity contribution in [2.75, 3.05) is 7.11 Å². The molecule has 2 heteroatoms. The van der Waals surface area contributed by atoms with Gasteiger partial charge in [-0.2, -0.15) is 0 Å². The van der Waals surface area contributed by atoms with Crippen LogP contribution in [-0.4, -0.2) is 12.2 Å². The van der Waals surface area contributed by atoms with Gasteiger partial charge in [0, 0.05) is 6.42 Å². The second kappa shape index (κ2) is 8.16. The van der Waals surface area contributed by atoms with E-state index in [2.05, 4.69) is 6.92 Å². The van der Waals surface area contributed by atoms with Crippen LogP contribution in [-0.2, 0) is 4.74 Å². The quantitative estimate of drug-likeness (QED) is 0.528.